The largest absolute Gasteiger partial charge is 0.323 e. The molecular weight excluding hydrogens is 401 g/mol. The van der Waals surface area contributed by atoms with Gasteiger partial charge in [0.15, 0.2) is 0 Å². The number of aromatic nitrogens is 2. The van der Waals surface area contributed by atoms with E-state index in [0.29, 0.717) is 13.0 Å². The molecule has 5 rings (SSSR count). The molecule has 0 saturated carbocycles. The lowest BCUT2D eigenvalue weighted by molar-refractivity contribution is -0.117. The normalized spacial score (nSPS) is 16.3. The highest BCUT2D eigenvalue weighted by atomic mass is 19.1. The number of anilines is 1. The molecule has 5 heteroatoms. The van der Waals surface area contributed by atoms with E-state index in [1.54, 1.807) is 17.0 Å². The van der Waals surface area contributed by atoms with Crippen LogP contribution in [-0.4, -0.2) is 22.0 Å². The van der Waals surface area contributed by atoms with Gasteiger partial charge in [-0.25, -0.2) is 9.37 Å². The summed E-state index contributed by atoms with van der Waals surface area (Å²) in [5.41, 5.74) is 7.83. The number of carbonyl (C=O) groups excluding carboxylic acids is 1. The van der Waals surface area contributed by atoms with Crippen molar-refractivity contribution in [2.45, 2.75) is 39.7 Å². The van der Waals surface area contributed by atoms with Gasteiger partial charge in [0.1, 0.15) is 11.6 Å². The molecule has 32 heavy (non-hydrogen) atoms. The minimum absolute atomic E-state index is 0.0222. The monoisotopic (exact) mass is 427 g/mol. The van der Waals surface area contributed by atoms with E-state index < -0.39 is 0 Å². The fraction of sp³-hybridized carbons (Fsp3) is 0.259. The van der Waals surface area contributed by atoms with E-state index in [0.717, 1.165) is 29.1 Å². The molecule has 0 radical (unpaired) electrons. The maximum atomic E-state index is 13.4. The fourth-order valence-corrected chi connectivity index (χ4v) is 4.94. The van der Waals surface area contributed by atoms with Crippen molar-refractivity contribution in [2.24, 2.45) is 0 Å². The summed E-state index contributed by atoms with van der Waals surface area (Å²) in [6.07, 6.45) is 0.395. The van der Waals surface area contributed by atoms with Gasteiger partial charge in [-0.1, -0.05) is 29.8 Å². The van der Waals surface area contributed by atoms with Crippen molar-refractivity contribution in [1.29, 1.82) is 0 Å². The van der Waals surface area contributed by atoms with Crippen molar-refractivity contribution in [3.63, 3.8) is 0 Å². The Bertz CT molecular complexity index is 1300. The lowest BCUT2D eigenvalue weighted by Gasteiger charge is -2.19. The first kappa shape index (κ1) is 20.4. The molecule has 1 aromatic heterocycles. The van der Waals surface area contributed by atoms with Gasteiger partial charge in [-0.3, -0.25) is 4.79 Å². The number of aryl methyl sites for hydroxylation is 3. The van der Waals surface area contributed by atoms with Crippen LogP contribution in [-0.2, 0) is 11.3 Å². The minimum atomic E-state index is -0.303. The van der Waals surface area contributed by atoms with Crippen LogP contribution >= 0.6 is 0 Å². The Hall–Kier alpha value is -3.47. The van der Waals surface area contributed by atoms with Gasteiger partial charge in [0, 0.05) is 31.1 Å². The molecular formula is C27H26FN3O. The zero-order valence-electron chi connectivity index (χ0n) is 18.6. The number of para-hydroxylation sites is 2. The predicted octanol–water partition coefficient (Wildman–Crippen LogP) is 5.67. The highest BCUT2D eigenvalue weighted by molar-refractivity contribution is 5.96. The summed E-state index contributed by atoms with van der Waals surface area (Å²) in [6.45, 7) is 7.69. The summed E-state index contributed by atoms with van der Waals surface area (Å²) in [5.74, 6) is 0.653. The number of imidazole rings is 1. The van der Waals surface area contributed by atoms with Gasteiger partial charge >= 0.3 is 0 Å². The smallest absolute Gasteiger partial charge is 0.227 e. The Morgan fingerprint density at radius 2 is 1.69 bits per heavy atom. The number of hydrogen-bond acceptors (Lipinski definition) is 2. The number of halogens is 1. The van der Waals surface area contributed by atoms with Crippen molar-refractivity contribution in [3.8, 4) is 0 Å². The number of nitrogens with zero attached hydrogens (tertiary/aromatic N) is 3. The Morgan fingerprint density at radius 3 is 2.41 bits per heavy atom. The first-order chi connectivity index (χ1) is 15.4. The van der Waals surface area contributed by atoms with Crippen LogP contribution in [0.25, 0.3) is 11.0 Å². The molecule has 1 aliphatic rings. The molecule has 1 aliphatic heterocycles. The third kappa shape index (κ3) is 3.58. The van der Waals surface area contributed by atoms with E-state index in [9.17, 15) is 9.18 Å². The zero-order chi connectivity index (χ0) is 22.4. The quantitative estimate of drug-likeness (QED) is 0.421. The molecule has 1 saturated heterocycles. The second-order valence-corrected chi connectivity index (χ2v) is 8.80. The van der Waals surface area contributed by atoms with Crippen molar-refractivity contribution in [3.05, 3.63) is 94.6 Å². The number of carbonyl (C=O) groups is 1. The Balaban J connectivity index is 1.55. The first-order valence-corrected chi connectivity index (χ1v) is 11.0. The number of benzene rings is 3. The van der Waals surface area contributed by atoms with Crippen LogP contribution in [0.4, 0.5) is 10.1 Å². The molecule has 1 amide bonds. The van der Waals surface area contributed by atoms with Gasteiger partial charge in [-0.2, -0.15) is 0 Å². The van der Waals surface area contributed by atoms with Crippen molar-refractivity contribution < 1.29 is 9.18 Å². The lowest BCUT2D eigenvalue weighted by Crippen LogP contribution is -2.24. The van der Waals surface area contributed by atoms with Gasteiger partial charge in [0.25, 0.3) is 0 Å². The maximum Gasteiger partial charge on any atom is 0.227 e. The first-order valence-electron chi connectivity index (χ1n) is 11.0. The summed E-state index contributed by atoms with van der Waals surface area (Å²) in [7, 11) is 0. The van der Waals surface area contributed by atoms with E-state index in [1.165, 1.54) is 34.4 Å². The van der Waals surface area contributed by atoms with Crippen LogP contribution < -0.4 is 4.90 Å². The second kappa shape index (κ2) is 7.90. The van der Waals surface area contributed by atoms with Crippen molar-refractivity contribution >= 4 is 22.6 Å². The van der Waals surface area contributed by atoms with Crippen LogP contribution in [0.5, 0.6) is 0 Å². The molecule has 162 valence electrons. The fourth-order valence-electron chi connectivity index (χ4n) is 4.94. The second-order valence-electron chi connectivity index (χ2n) is 8.80. The molecule has 3 aromatic carbocycles. The molecule has 2 heterocycles. The Labute approximate surface area is 187 Å². The highest BCUT2D eigenvalue weighted by Crippen LogP contribution is 2.34. The van der Waals surface area contributed by atoms with Gasteiger partial charge in [-0.15, -0.1) is 0 Å². The molecule has 0 N–H and O–H groups in total. The Kier molecular flexibility index (Phi) is 5.04. The summed E-state index contributed by atoms with van der Waals surface area (Å²) >= 11 is 0. The van der Waals surface area contributed by atoms with E-state index in [4.69, 9.17) is 4.98 Å². The summed E-state index contributed by atoms with van der Waals surface area (Å²) in [6, 6.07) is 18.7. The molecule has 1 fully saturated rings. The van der Waals surface area contributed by atoms with Gasteiger partial charge in [0.2, 0.25) is 5.91 Å². The van der Waals surface area contributed by atoms with Crippen LogP contribution in [0.15, 0.2) is 60.7 Å². The number of rotatable bonds is 4. The molecule has 0 unspecified atom stereocenters. The number of fused-ring (bicyclic) bond motifs is 1. The summed E-state index contributed by atoms with van der Waals surface area (Å²) in [5, 5.41) is 0. The molecule has 1 atom stereocenters. The average molecular weight is 428 g/mol. The SMILES string of the molecule is Cc1cc(C)c(Cn2c([C@H]3CC(=O)N(c4ccc(F)cc4)C3)nc3ccccc32)c(C)c1. The van der Waals surface area contributed by atoms with E-state index in [2.05, 4.69) is 43.5 Å². The third-order valence-electron chi connectivity index (χ3n) is 6.47. The highest BCUT2D eigenvalue weighted by Gasteiger charge is 2.35. The molecule has 0 spiro atoms. The summed E-state index contributed by atoms with van der Waals surface area (Å²) < 4.78 is 15.6. The van der Waals surface area contributed by atoms with Crippen molar-refractivity contribution in [1.82, 2.24) is 9.55 Å². The van der Waals surface area contributed by atoms with Crippen LogP contribution in [0.1, 0.15) is 40.4 Å². The zero-order valence-corrected chi connectivity index (χ0v) is 18.6. The van der Waals surface area contributed by atoms with Crippen LogP contribution in [0.3, 0.4) is 0 Å². The number of hydrogen-bond donors (Lipinski definition) is 0. The van der Waals surface area contributed by atoms with E-state index >= 15 is 0 Å². The van der Waals surface area contributed by atoms with Gasteiger partial charge < -0.3 is 9.47 Å². The third-order valence-corrected chi connectivity index (χ3v) is 6.47. The van der Waals surface area contributed by atoms with Gasteiger partial charge in [0.05, 0.1) is 11.0 Å². The number of amides is 1. The molecule has 0 bridgehead atoms. The predicted molar refractivity (Wildman–Crippen MR) is 126 cm³/mol. The van der Waals surface area contributed by atoms with Gasteiger partial charge in [-0.05, 0) is 73.9 Å². The minimum Gasteiger partial charge on any atom is -0.323 e. The summed E-state index contributed by atoms with van der Waals surface area (Å²) in [4.78, 5) is 19.6. The molecule has 0 aliphatic carbocycles. The Morgan fingerprint density at radius 1 is 1.00 bits per heavy atom. The van der Waals surface area contributed by atoms with E-state index in [1.807, 2.05) is 18.2 Å². The van der Waals surface area contributed by atoms with Crippen LogP contribution in [0.2, 0.25) is 0 Å². The van der Waals surface area contributed by atoms with Crippen molar-refractivity contribution in [2.75, 3.05) is 11.4 Å². The lowest BCUT2D eigenvalue weighted by atomic mass is 9.99. The van der Waals surface area contributed by atoms with Crippen LogP contribution in [0, 0.1) is 26.6 Å². The molecule has 4 nitrogen and oxygen atoms in total. The van der Waals surface area contributed by atoms with E-state index in [-0.39, 0.29) is 17.6 Å². The molecule has 4 aromatic rings. The maximum absolute atomic E-state index is 13.4. The topological polar surface area (TPSA) is 38.1 Å². The standard InChI is InChI=1S/C27H26FN3O/c1-17-12-18(2)23(19(3)13-17)16-31-25-7-5-4-6-24(25)29-27(31)20-14-26(32)30(15-20)22-10-8-21(28)9-11-22/h4-13,20H,14-16H2,1-3H3/t20-/m0/s1. The average Bonchev–Trinajstić information content (AvgIpc) is 3.32.